The SMILES string of the molecule is CC(C)c1ccc(N(c2ccccc2)c2c(C(C)(C)C)cc3c4ccccc4n4c5cc6c7c(N(c8ccccc8)c8ccc(C(C)C)cc8)c(C(C)(C)C)cc8c9ccccc9n(c6cc5c2c34)c87)cc1. The van der Waals surface area contributed by atoms with Gasteiger partial charge in [-0.1, -0.05) is 166 Å². The average Bonchev–Trinajstić information content (AvgIpc) is 4.10. The summed E-state index contributed by atoms with van der Waals surface area (Å²) < 4.78 is 5.21. The summed E-state index contributed by atoms with van der Waals surface area (Å²) in [6, 6.07) is 69.0. The first-order chi connectivity index (χ1) is 34.7. The Labute approximate surface area is 423 Å². The molecule has 4 aromatic heterocycles. The molecule has 13 aromatic rings. The molecule has 13 rings (SSSR count). The van der Waals surface area contributed by atoms with Gasteiger partial charge in [-0.05, 0) is 130 Å². The van der Waals surface area contributed by atoms with Crippen LogP contribution in [0.4, 0.5) is 34.1 Å². The number of rotatable bonds is 8. The second-order valence-electron chi connectivity index (χ2n) is 23.0. The molecule has 0 atom stereocenters. The molecule has 0 unspecified atom stereocenters. The molecule has 9 aromatic carbocycles. The van der Waals surface area contributed by atoms with Crippen molar-refractivity contribution in [2.24, 2.45) is 0 Å². The fourth-order valence-electron chi connectivity index (χ4n) is 12.2. The summed E-state index contributed by atoms with van der Waals surface area (Å²) in [5, 5.41) is 10.2. The number of fused-ring (bicyclic) bond motifs is 12. The van der Waals surface area contributed by atoms with Gasteiger partial charge in [-0.2, -0.15) is 0 Å². The fraction of sp³-hybridized carbons (Fsp3) is 0.206. The monoisotopic (exact) mass is 934 g/mol. The van der Waals surface area contributed by atoms with Gasteiger partial charge in [0, 0.05) is 65.8 Å². The van der Waals surface area contributed by atoms with E-state index in [1.165, 1.54) is 110 Å². The lowest BCUT2D eigenvalue weighted by Crippen LogP contribution is -2.19. The van der Waals surface area contributed by atoms with Gasteiger partial charge >= 0.3 is 0 Å². The molecule has 0 fully saturated rings. The molecule has 4 heterocycles. The maximum Gasteiger partial charge on any atom is 0.0641 e. The second kappa shape index (κ2) is 15.8. The van der Waals surface area contributed by atoms with E-state index in [9.17, 15) is 0 Å². The van der Waals surface area contributed by atoms with E-state index < -0.39 is 0 Å². The van der Waals surface area contributed by atoms with E-state index in [4.69, 9.17) is 0 Å². The number of para-hydroxylation sites is 4. The van der Waals surface area contributed by atoms with Gasteiger partial charge in [0.1, 0.15) is 0 Å². The van der Waals surface area contributed by atoms with Gasteiger partial charge < -0.3 is 18.6 Å². The number of hydrogen-bond acceptors (Lipinski definition) is 2. The molecule has 0 bridgehead atoms. The number of nitrogens with zero attached hydrogens (tertiary/aromatic N) is 4. The number of hydrogen-bond donors (Lipinski definition) is 0. The van der Waals surface area contributed by atoms with Gasteiger partial charge in [0.15, 0.2) is 0 Å². The zero-order valence-corrected chi connectivity index (χ0v) is 43.3. The van der Waals surface area contributed by atoms with Crippen LogP contribution in [0.2, 0.25) is 0 Å². The molecule has 4 heteroatoms. The summed E-state index contributed by atoms with van der Waals surface area (Å²) in [7, 11) is 0. The van der Waals surface area contributed by atoms with Crippen LogP contribution in [0.25, 0.3) is 76.2 Å². The Balaban J connectivity index is 1.26. The maximum absolute atomic E-state index is 2.60. The van der Waals surface area contributed by atoms with Gasteiger partial charge in [0.25, 0.3) is 0 Å². The van der Waals surface area contributed by atoms with Gasteiger partial charge in [0.2, 0.25) is 0 Å². The first kappa shape index (κ1) is 44.1. The van der Waals surface area contributed by atoms with Gasteiger partial charge in [-0.15, -0.1) is 0 Å². The summed E-state index contributed by atoms with van der Waals surface area (Å²) in [4.78, 5) is 5.11. The molecule has 0 aliphatic heterocycles. The van der Waals surface area contributed by atoms with Crippen molar-refractivity contribution in [3.8, 4) is 0 Å². The Morgan fingerprint density at radius 2 is 0.667 bits per heavy atom. The fourth-order valence-corrected chi connectivity index (χ4v) is 12.2. The van der Waals surface area contributed by atoms with E-state index in [-0.39, 0.29) is 10.8 Å². The zero-order valence-electron chi connectivity index (χ0n) is 43.3. The molecule has 354 valence electrons. The summed E-state index contributed by atoms with van der Waals surface area (Å²) in [6.07, 6.45) is 0. The van der Waals surface area contributed by atoms with Crippen LogP contribution in [0, 0.1) is 0 Å². The van der Waals surface area contributed by atoms with E-state index >= 15 is 0 Å². The molecule has 0 aliphatic rings. The quantitative estimate of drug-likeness (QED) is 0.151. The molecule has 0 saturated carbocycles. The van der Waals surface area contributed by atoms with E-state index in [1.54, 1.807) is 0 Å². The van der Waals surface area contributed by atoms with Crippen molar-refractivity contribution >= 4 is 110 Å². The maximum atomic E-state index is 2.60. The van der Waals surface area contributed by atoms with Crippen LogP contribution in [-0.2, 0) is 10.8 Å². The van der Waals surface area contributed by atoms with Crippen molar-refractivity contribution in [1.82, 2.24) is 8.80 Å². The van der Waals surface area contributed by atoms with E-state index in [1.807, 2.05) is 0 Å². The second-order valence-corrected chi connectivity index (χ2v) is 23.0. The minimum atomic E-state index is -0.209. The normalized spacial score (nSPS) is 12.8. The first-order valence-electron chi connectivity index (χ1n) is 26.0. The van der Waals surface area contributed by atoms with Gasteiger partial charge in [0.05, 0.1) is 44.5 Å². The third-order valence-corrected chi connectivity index (χ3v) is 15.7. The van der Waals surface area contributed by atoms with Crippen LogP contribution >= 0.6 is 0 Å². The molecule has 0 spiro atoms. The lowest BCUT2D eigenvalue weighted by Gasteiger charge is -2.33. The molecule has 0 N–H and O–H groups in total. The highest BCUT2D eigenvalue weighted by Gasteiger charge is 2.35. The predicted molar refractivity (Wildman–Crippen MR) is 311 cm³/mol. The van der Waals surface area contributed by atoms with Crippen molar-refractivity contribution in [3.05, 3.63) is 204 Å². The van der Waals surface area contributed by atoms with Crippen molar-refractivity contribution in [2.75, 3.05) is 9.80 Å². The first-order valence-corrected chi connectivity index (χ1v) is 26.0. The Bertz CT molecular complexity index is 3920. The van der Waals surface area contributed by atoms with Crippen LogP contribution in [0.15, 0.2) is 182 Å². The van der Waals surface area contributed by atoms with Crippen LogP contribution in [0.5, 0.6) is 0 Å². The summed E-state index contributed by atoms with van der Waals surface area (Å²) in [5.41, 5.74) is 19.3. The zero-order chi connectivity index (χ0) is 49.5. The molecule has 72 heavy (non-hydrogen) atoms. The summed E-state index contributed by atoms with van der Waals surface area (Å²) in [6.45, 7) is 23.4. The smallest absolute Gasteiger partial charge is 0.0641 e. The number of anilines is 6. The van der Waals surface area contributed by atoms with Crippen LogP contribution in [0.1, 0.15) is 103 Å². The highest BCUT2D eigenvalue weighted by Crippen LogP contribution is 2.56. The molecular formula is C68H62N4. The standard InChI is InChI=1S/C68H62N4/c1-41(2)43-29-33-47(34-30-43)69(45-21-13-11-14-22-45)65-55(67(5,6)7)37-51-49-25-17-19-27-57(49)71-59-40-54-60(39-53(59)61(65)63(51)71)72-58-28-20-18-26-50(58)52-38-56(68(8,9)10)66(62(54)64(52)72)70(46-23-15-12-16-24-46)48-35-31-44(32-36-48)42(3)4/h11-42H,1-10H3. The van der Waals surface area contributed by atoms with Crippen LogP contribution in [-0.4, -0.2) is 8.80 Å². The summed E-state index contributed by atoms with van der Waals surface area (Å²) >= 11 is 0. The average molecular weight is 935 g/mol. The molecule has 0 aliphatic carbocycles. The van der Waals surface area contributed by atoms with Crippen molar-refractivity contribution in [2.45, 2.75) is 91.9 Å². The van der Waals surface area contributed by atoms with Crippen molar-refractivity contribution in [3.63, 3.8) is 0 Å². The Kier molecular flexibility index (Phi) is 9.71. The molecule has 0 amide bonds. The van der Waals surface area contributed by atoms with Gasteiger partial charge in [-0.25, -0.2) is 0 Å². The molecule has 4 nitrogen and oxygen atoms in total. The van der Waals surface area contributed by atoms with Crippen LogP contribution in [0.3, 0.4) is 0 Å². The topological polar surface area (TPSA) is 15.3 Å². The minimum Gasteiger partial charge on any atom is -0.309 e. The van der Waals surface area contributed by atoms with Crippen LogP contribution < -0.4 is 9.80 Å². The third kappa shape index (κ3) is 6.43. The lowest BCUT2D eigenvalue weighted by molar-refractivity contribution is 0.592. The van der Waals surface area contributed by atoms with E-state index in [0.29, 0.717) is 11.8 Å². The molecule has 0 saturated heterocycles. The van der Waals surface area contributed by atoms with Crippen molar-refractivity contribution < 1.29 is 0 Å². The number of benzene rings is 9. The predicted octanol–water partition coefficient (Wildman–Crippen LogP) is 19.8. The Morgan fingerprint density at radius 3 is 1.01 bits per heavy atom. The molecular weight excluding hydrogens is 873 g/mol. The highest BCUT2D eigenvalue weighted by atomic mass is 15.2. The Hall–Kier alpha value is -7.82. The van der Waals surface area contributed by atoms with E-state index in [2.05, 4.69) is 270 Å². The van der Waals surface area contributed by atoms with Gasteiger partial charge in [-0.3, -0.25) is 0 Å². The minimum absolute atomic E-state index is 0.209. The van der Waals surface area contributed by atoms with Crippen molar-refractivity contribution in [1.29, 1.82) is 0 Å². The number of aromatic nitrogens is 2. The molecule has 0 radical (unpaired) electrons. The highest BCUT2D eigenvalue weighted by molar-refractivity contribution is 6.33. The largest absolute Gasteiger partial charge is 0.309 e. The Morgan fingerprint density at radius 1 is 0.333 bits per heavy atom. The lowest BCUT2D eigenvalue weighted by atomic mass is 9.82. The van der Waals surface area contributed by atoms with E-state index in [0.717, 1.165) is 22.7 Å². The summed E-state index contributed by atoms with van der Waals surface area (Å²) in [5.74, 6) is 0.858. The third-order valence-electron chi connectivity index (χ3n) is 15.7.